The molecule has 0 N–H and O–H groups in total. The molecule has 0 saturated heterocycles. The minimum absolute atomic E-state index is 0.0649. The number of carbonyl (C=O) groups excluding carboxylic acids is 1. The fourth-order valence-corrected chi connectivity index (χ4v) is 2.74. The van der Waals surface area contributed by atoms with Crippen LogP contribution in [0.1, 0.15) is 28.7 Å². The molecule has 0 spiro atoms. The molecule has 28 heavy (non-hydrogen) atoms. The van der Waals surface area contributed by atoms with Crippen molar-refractivity contribution in [3.63, 3.8) is 0 Å². The number of aryl methyl sites for hydroxylation is 2. The topological polar surface area (TPSA) is 56.6 Å². The lowest BCUT2D eigenvalue weighted by molar-refractivity contribution is -0.132. The van der Waals surface area contributed by atoms with E-state index in [9.17, 15) is 4.79 Å². The molecule has 2 aromatic carbocycles. The van der Waals surface area contributed by atoms with E-state index in [1.165, 1.54) is 11.1 Å². The number of benzene rings is 2. The SMILES string of the molecule is Cc1ccc(OCCC(=O)N(CCN(C)C)Cc2ccc(C#N)cc2)cc1C. The first-order chi connectivity index (χ1) is 13.4. The maximum absolute atomic E-state index is 12.8. The average molecular weight is 380 g/mol. The number of nitrogens with zero attached hydrogens (tertiary/aromatic N) is 3. The van der Waals surface area contributed by atoms with Crippen molar-refractivity contribution >= 4 is 5.91 Å². The number of carbonyl (C=O) groups is 1. The van der Waals surface area contributed by atoms with Gasteiger partial charge in [0.15, 0.2) is 0 Å². The van der Waals surface area contributed by atoms with Crippen LogP contribution in [0.15, 0.2) is 42.5 Å². The number of amides is 1. The largest absolute Gasteiger partial charge is 0.493 e. The Labute approximate surface area is 168 Å². The quantitative estimate of drug-likeness (QED) is 0.669. The molecular formula is C23H29N3O2. The van der Waals surface area contributed by atoms with Gasteiger partial charge in [0, 0.05) is 19.6 Å². The summed E-state index contributed by atoms with van der Waals surface area (Å²) in [5.41, 5.74) is 4.04. The van der Waals surface area contributed by atoms with Crippen molar-refractivity contribution in [3.8, 4) is 11.8 Å². The fraction of sp³-hybridized carbons (Fsp3) is 0.391. The zero-order valence-electron chi connectivity index (χ0n) is 17.2. The van der Waals surface area contributed by atoms with Crippen molar-refractivity contribution in [1.29, 1.82) is 5.26 Å². The van der Waals surface area contributed by atoms with E-state index in [-0.39, 0.29) is 5.91 Å². The van der Waals surface area contributed by atoms with Crippen LogP contribution in [0.5, 0.6) is 5.75 Å². The van der Waals surface area contributed by atoms with Crippen molar-refractivity contribution in [3.05, 3.63) is 64.7 Å². The molecule has 0 saturated carbocycles. The summed E-state index contributed by atoms with van der Waals surface area (Å²) < 4.78 is 5.77. The highest BCUT2D eigenvalue weighted by Crippen LogP contribution is 2.17. The standard InChI is InChI=1S/C23H29N3O2/c1-18-5-10-22(15-19(18)2)28-14-11-23(27)26(13-12-25(3)4)17-21-8-6-20(16-24)7-9-21/h5-10,15H,11-14,17H2,1-4H3. The number of ether oxygens (including phenoxy) is 1. The van der Waals surface area contributed by atoms with Crippen molar-refractivity contribution in [2.45, 2.75) is 26.8 Å². The van der Waals surface area contributed by atoms with Gasteiger partial charge in [-0.05, 0) is 68.9 Å². The number of hydrogen-bond donors (Lipinski definition) is 0. The molecule has 0 atom stereocenters. The Morgan fingerprint density at radius 2 is 1.75 bits per heavy atom. The summed E-state index contributed by atoms with van der Waals surface area (Å²) in [5, 5.41) is 8.93. The van der Waals surface area contributed by atoms with Crippen LogP contribution in [0, 0.1) is 25.2 Å². The Morgan fingerprint density at radius 1 is 1.04 bits per heavy atom. The third-order valence-electron chi connectivity index (χ3n) is 4.69. The lowest BCUT2D eigenvalue weighted by Crippen LogP contribution is -2.36. The Morgan fingerprint density at radius 3 is 2.36 bits per heavy atom. The van der Waals surface area contributed by atoms with Gasteiger partial charge in [-0.3, -0.25) is 4.79 Å². The predicted molar refractivity (Wildman–Crippen MR) is 111 cm³/mol. The lowest BCUT2D eigenvalue weighted by atomic mass is 10.1. The van der Waals surface area contributed by atoms with Gasteiger partial charge in [0.2, 0.25) is 5.91 Å². The van der Waals surface area contributed by atoms with E-state index in [2.05, 4.69) is 17.9 Å². The lowest BCUT2D eigenvalue weighted by Gasteiger charge is -2.25. The van der Waals surface area contributed by atoms with Crippen molar-refractivity contribution in [2.24, 2.45) is 0 Å². The number of rotatable bonds is 9. The van der Waals surface area contributed by atoms with Gasteiger partial charge in [-0.2, -0.15) is 5.26 Å². The zero-order chi connectivity index (χ0) is 20.5. The normalized spacial score (nSPS) is 10.6. The molecule has 0 radical (unpaired) electrons. The van der Waals surface area contributed by atoms with Crippen LogP contribution in [-0.4, -0.2) is 49.5 Å². The van der Waals surface area contributed by atoms with Gasteiger partial charge in [0.05, 0.1) is 24.7 Å². The van der Waals surface area contributed by atoms with E-state index in [1.54, 1.807) is 12.1 Å². The molecule has 0 fully saturated rings. The molecule has 148 valence electrons. The van der Waals surface area contributed by atoms with E-state index < -0.39 is 0 Å². The summed E-state index contributed by atoms with van der Waals surface area (Å²) in [6.45, 7) is 6.44. The molecule has 0 unspecified atom stereocenters. The summed E-state index contributed by atoms with van der Waals surface area (Å²) in [7, 11) is 3.99. The van der Waals surface area contributed by atoms with Crippen LogP contribution in [0.25, 0.3) is 0 Å². The summed E-state index contributed by atoms with van der Waals surface area (Å²) in [5.74, 6) is 0.859. The highest BCUT2D eigenvalue weighted by atomic mass is 16.5. The molecule has 5 heteroatoms. The van der Waals surface area contributed by atoms with Gasteiger partial charge in [-0.15, -0.1) is 0 Å². The number of nitriles is 1. The van der Waals surface area contributed by atoms with Crippen LogP contribution in [-0.2, 0) is 11.3 Å². The Bertz CT molecular complexity index is 823. The summed E-state index contributed by atoms with van der Waals surface area (Å²) in [6, 6.07) is 15.5. The summed E-state index contributed by atoms with van der Waals surface area (Å²) in [4.78, 5) is 16.7. The Balaban J connectivity index is 1.95. The van der Waals surface area contributed by atoms with E-state index in [0.717, 1.165) is 17.9 Å². The average Bonchev–Trinajstić information content (AvgIpc) is 2.68. The molecular weight excluding hydrogens is 350 g/mol. The van der Waals surface area contributed by atoms with Crippen LogP contribution in [0.3, 0.4) is 0 Å². The molecule has 0 aromatic heterocycles. The first kappa shape index (κ1) is 21.5. The van der Waals surface area contributed by atoms with Crippen LogP contribution in [0.2, 0.25) is 0 Å². The van der Waals surface area contributed by atoms with Gasteiger partial charge < -0.3 is 14.5 Å². The van der Waals surface area contributed by atoms with Crippen molar-refractivity contribution in [2.75, 3.05) is 33.8 Å². The summed E-state index contributed by atoms with van der Waals surface area (Å²) in [6.07, 6.45) is 0.330. The molecule has 2 rings (SSSR count). The van der Waals surface area contributed by atoms with Gasteiger partial charge in [0.1, 0.15) is 5.75 Å². The molecule has 1 amide bonds. The maximum Gasteiger partial charge on any atom is 0.226 e. The van der Waals surface area contributed by atoms with Crippen LogP contribution in [0.4, 0.5) is 0 Å². The Hall–Kier alpha value is -2.84. The van der Waals surface area contributed by atoms with Crippen LogP contribution < -0.4 is 4.74 Å². The van der Waals surface area contributed by atoms with Crippen molar-refractivity contribution < 1.29 is 9.53 Å². The third-order valence-corrected chi connectivity index (χ3v) is 4.69. The van der Waals surface area contributed by atoms with Crippen molar-refractivity contribution in [1.82, 2.24) is 9.80 Å². The van der Waals surface area contributed by atoms with E-state index >= 15 is 0 Å². The number of hydrogen-bond acceptors (Lipinski definition) is 4. The first-order valence-electron chi connectivity index (χ1n) is 9.50. The highest BCUT2D eigenvalue weighted by Gasteiger charge is 2.14. The maximum atomic E-state index is 12.8. The van der Waals surface area contributed by atoms with E-state index in [1.807, 2.05) is 56.3 Å². The second kappa shape index (κ2) is 10.5. The minimum atomic E-state index is 0.0649. The van der Waals surface area contributed by atoms with E-state index in [4.69, 9.17) is 10.00 Å². The van der Waals surface area contributed by atoms with E-state index in [0.29, 0.717) is 31.7 Å². The monoisotopic (exact) mass is 379 g/mol. The second-order valence-corrected chi connectivity index (χ2v) is 7.27. The zero-order valence-corrected chi connectivity index (χ0v) is 17.2. The number of likely N-dealkylation sites (N-methyl/N-ethyl adjacent to an activating group) is 1. The predicted octanol–water partition coefficient (Wildman–Crippen LogP) is 3.53. The Kier molecular flexibility index (Phi) is 8.03. The van der Waals surface area contributed by atoms with Gasteiger partial charge in [0.25, 0.3) is 0 Å². The fourth-order valence-electron chi connectivity index (χ4n) is 2.74. The molecule has 0 heterocycles. The van der Waals surface area contributed by atoms with Gasteiger partial charge in [-0.25, -0.2) is 0 Å². The highest BCUT2D eigenvalue weighted by molar-refractivity contribution is 5.76. The second-order valence-electron chi connectivity index (χ2n) is 7.27. The van der Waals surface area contributed by atoms with Gasteiger partial charge >= 0.3 is 0 Å². The van der Waals surface area contributed by atoms with Crippen LogP contribution >= 0.6 is 0 Å². The molecule has 0 aliphatic carbocycles. The smallest absolute Gasteiger partial charge is 0.226 e. The summed E-state index contributed by atoms with van der Waals surface area (Å²) >= 11 is 0. The minimum Gasteiger partial charge on any atom is -0.493 e. The third kappa shape index (κ3) is 6.71. The first-order valence-corrected chi connectivity index (χ1v) is 9.50. The molecule has 0 bridgehead atoms. The molecule has 0 aliphatic heterocycles. The molecule has 5 nitrogen and oxygen atoms in total. The molecule has 2 aromatic rings. The molecule has 0 aliphatic rings. The van der Waals surface area contributed by atoms with Gasteiger partial charge in [-0.1, -0.05) is 18.2 Å².